The molecule has 2 N–H and O–H groups in total. The maximum Gasteiger partial charge on any atom is 0.248 e. The predicted octanol–water partition coefficient (Wildman–Crippen LogP) is 0.706. The van der Waals surface area contributed by atoms with E-state index >= 15 is 0 Å². The first-order valence-corrected chi connectivity index (χ1v) is 5.03. The highest BCUT2D eigenvalue weighted by Crippen LogP contribution is 2.34. The van der Waals surface area contributed by atoms with Gasteiger partial charge in [0, 0.05) is 25.1 Å². The van der Waals surface area contributed by atoms with Gasteiger partial charge in [0.25, 0.3) is 0 Å². The van der Waals surface area contributed by atoms with Gasteiger partial charge in [-0.15, -0.1) is 0 Å². The standard InChI is InChI=1S/C11H13NO3/c13-9-1-4-11(15,5-2-9)8-3-6-12-10(14)7-8/h3,6-7,15H,1-2,4-5H2,(H,12,14). The van der Waals surface area contributed by atoms with E-state index in [1.165, 1.54) is 12.3 Å². The van der Waals surface area contributed by atoms with E-state index in [0.717, 1.165) is 0 Å². The number of aromatic amines is 1. The summed E-state index contributed by atoms with van der Waals surface area (Å²) < 4.78 is 0. The number of ketones is 1. The van der Waals surface area contributed by atoms with Gasteiger partial charge in [-0.1, -0.05) is 0 Å². The first-order chi connectivity index (χ1) is 7.10. The van der Waals surface area contributed by atoms with Gasteiger partial charge in [-0.25, -0.2) is 0 Å². The molecule has 1 heterocycles. The molecule has 1 aliphatic rings. The Morgan fingerprint density at radius 1 is 1.27 bits per heavy atom. The number of aromatic nitrogens is 1. The summed E-state index contributed by atoms with van der Waals surface area (Å²) in [6, 6.07) is 3.09. The Balaban J connectivity index is 2.29. The minimum absolute atomic E-state index is 0.185. The Morgan fingerprint density at radius 3 is 2.53 bits per heavy atom. The third-order valence-corrected chi connectivity index (χ3v) is 2.95. The third-order valence-electron chi connectivity index (χ3n) is 2.95. The Hall–Kier alpha value is -1.42. The van der Waals surface area contributed by atoms with E-state index in [2.05, 4.69) is 4.98 Å². The minimum atomic E-state index is -0.998. The van der Waals surface area contributed by atoms with Crippen LogP contribution in [-0.4, -0.2) is 15.9 Å². The van der Waals surface area contributed by atoms with Crippen LogP contribution in [0.5, 0.6) is 0 Å². The molecule has 1 saturated carbocycles. The van der Waals surface area contributed by atoms with Crippen molar-refractivity contribution in [2.24, 2.45) is 0 Å². The van der Waals surface area contributed by atoms with Crippen LogP contribution < -0.4 is 5.56 Å². The summed E-state index contributed by atoms with van der Waals surface area (Å²) in [6.07, 6.45) is 3.13. The first kappa shape index (κ1) is 10.1. The quantitative estimate of drug-likeness (QED) is 0.712. The maximum absolute atomic E-state index is 11.1. The zero-order valence-corrected chi connectivity index (χ0v) is 8.32. The SMILES string of the molecule is O=C1CCC(O)(c2cc[nH]c(=O)c2)CC1. The van der Waals surface area contributed by atoms with Crippen molar-refractivity contribution in [3.63, 3.8) is 0 Å². The second-order valence-electron chi connectivity index (χ2n) is 4.01. The van der Waals surface area contributed by atoms with E-state index < -0.39 is 5.60 Å². The molecule has 1 aromatic heterocycles. The molecule has 1 aromatic rings. The van der Waals surface area contributed by atoms with Crippen LogP contribution in [0.2, 0.25) is 0 Å². The molecule has 4 nitrogen and oxygen atoms in total. The van der Waals surface area contributed by atoms with Crippen molar-refractivity contribution >= 4 is 5.78 Å². The molecule has 0 spiro atoms. The third kappa shape index (κ3) is 1.99. The van der Waals surface area contributed by atoms with Gasteiger partial charge in [-0.3, -0.25) is 9.59 Å². The number of carbonyl (C=O) groups is 1. The predicted molar refractivity (Wildman–Crippen MR) is 54.4 cm³/mol. The number of carbonyl (C=O) groups excluding carboxylic acids is 1. The number of aliphatic hydroxyl groups is 1. The van der Waals surface area contributed by atoms with Gasteiger partial charge in [-0.05, 0) is 24.5 Å². The number of hydrogen-bond acceptors (Lipinski definition) is 3. The highest BCUT2D eigenvalue weighted by molar-refractivity contribution is 5.79. The molecule has 0 atom stereocenters. The van der Waals surface area contributed by atoms with Crippen molar-refractivity contribution in [1.82, 2.24) is 4.98 Å². The summed E-state index contributed by atoms with van der Waals surface area (Å²) in [5.74, 6) is 0.185. The molecule has 0 aromatic carbocycles. The van der Waals surface area contributed by atoms with E-state index in [-0.39, 0.29) is 11.3 Å². The van der Waals surface area contributed by atoms with E-state index in [0.29, 0.717) is 31.2 Å². The summed E-state index contributed by atoms with van der Waals surface area (Å²) in [5.41, 5.74) is -0.612. The second kappa shape index (κ2) is 3.62. The second-order valence-corrected chi connectivity index (χ2v) is 4.01. The molecule has 80 valence electrons. The Morgan fingerprint density at radius 2 is 1.93 bits per heavy atom. The van der Waals surface area contributed by atoms with Crippen LogP contribution in [0.3, 0.4) is 0 Å². The largest absolute Gasteiger partial charge is 0.385 e. The first-order valence-electron chi connectivity index (χ1n) is 5.03. The minimum Gasteiger partial charge on any atom is -0.385 e. The van der Waals surface area contributed by atoms with E-state index in [9.17, 15) is 14.7 Å². The fraction of sp³-hybridized carbons (Fsp3) is 0.455. The molecular weight excluding hydrogens is 194 g/mol. The van der Waals surface area contributed by atoms with Crippen LogP contribution in [0.25, 0.3) is 0 Å². The van der Waals surface area contributed by atoms with Gasteiger partial charge in [0.05, 0.1) is 5.60 Å². The molecule has 0 aliphatic heterocycles. The molecule has 0 radical (unpaired) electrons. The number of nitrogens with one attached hydrogen (secondary N) is 1. The molecular formula is C11H13NO3. The van der Waals surface area contributed by atoms with Gasteiger partial charge in [-0.2, -0.15) is 0 Å². The maximum atomic E-state index is 11.1. The van der Waals surface area contributed by atoms with Crippen LogP contribution in [0.1, 0.15) is 31.2 Å². The zero-order chi connectivity index (χ0) is 10.9. The molecule has 0 bridgehead atoms. The molecule has 1 fully saturated rings. The summed E-state index contributed by atoms with van der Waals surface area (Å²) in [5, 5.41) is 10.3. The summed E-state index contributed by atoms with van der Waals surface area (Å²) in [7, 11) is 0. The normalized spacial score (nSPS) is 20.2. The van der Waals surface area contributed by atoms with E-state index in [1.54, 1.807) is 6.07 Å². The summed E-state index contributed by atoms with van der Waals surface area (Å²) in [4.78, 5) is 24.7. The van der Waals surface area contributed by atoms with Crippen molar-refractivity contribution in [3.05, 3.63) is 34.2 Å². The Bertz CT molecular complexity index is 425. The smallest absolute Gasteiger partial charge is 0.248 e. The van der Waals surface area contributed by atoms with Crippen LogP contribution in [0.15, 0.2) is 23.1 Å². The lowest BCUT2D eigenvalue weighted by Gasteiger charge is -2.31. The monoisotopic (exact) mass is 207 g/mol. The van der Waals surface area contributed by atoms with Crippen molar-refractivity contribution in [2.45, 2.75) is 31.3 Å². The van der Waals surface area contributed by atoms with Crippen molar-refractivity contribution in [2.75, 3.05) is 0 Å². The van der Waals surface area contributed by atoms with Crippen molar-refractivity contribution in [3.8, 4) is 0 Å². The molecule has 0 saturated heterocycles. The Labute approximate surface area is 87.0 Å². The van der Waals surface area contributed by atoms with Gasteiger partial charge >= 0.3 is 0 Å². The number of pyridine rings is 1. The number of hydrogen-bond donors (Lipinski definition) is 2. The summed E-state index contributed by atoms with van der Waals surface area (Å²) >= 11 is 0. The van der Waals surface area contributed by atoms with Gasteiger partial charge in [0.1, 0.15) is 5.78 Å². The number of Topliss-reactive ketones (excluding diaryl/α,β-unsaturated/α-hetero) is 1. The molecule has 4 heteroatoms. The molecule has 1 aliphatic carbocycles. The number of H-pyrrole nitrogens is 1. The van der Waals surface area contributed by atoms with Crippen LogP contribution in [0, 0.1) is 0 Å². The molecule has 0 amide bonds. The fourth-order valence-electron chi connectivity index (χ4n) is 1.97. The molecule has 15 heavy (non-hydrogen) atoms. The average Bonchev–Trinajstić information content (AvgIpc) is 2.23. The van der Waals surface area contributed by atoms with Crippen molar-refractivity contribution < 1.29 is 9.90 Å². The lowest BCUT2D eigenvalue weighted by Crippen LogP contribution is -2.32. The Kier molecular flexibility index (Phi) is 2.44. The van der Waals surface area contributed by atoms with E-state index in [1.807, 2.05) is 0 Å². The van der Waals surface area contributed by atoms with E-state index in [4.69, 9.17) is 0 Å². The van der Waals surface area contributed by atoms with Crippen LogP contribution >= 0.6 is 0 Å². The lowest BCUT2D eigenvalue weighted by atomic mass is 9.79. The molecule has 2 rings (SSSR count). The highest BCUT2D eigenvalue weighted by atomic mass is 16.3. The van der Waals surface area contributed by atoms with Gasteiger partial charge in [0.15, 0.2) is 0 Å². The highest BCUT2D eigenvalue weighted by Gasteiger charge is 2.34. The van der Waals surface area contributed by atoms with Gasteiger partial charge < -0.3 is 10.1 Å². The molecule has 0 unspecified atom stereocenters. The lowest BCUT2D eigenvalue weighted by molar-refractivity contribution is -0.125. The zero-order valence-electron chi connectivity index (χ0n) is 8.32. The van der Waals surface area contributed by atoms with Crippen molar-refractivity contribution in [1.29, 1.82) is 0 Å². The average molecular weight is 207 g/mol. The van der Waals surface area contributed by atoms with Gasteiger partial charge in [0.2, 0.25) is 5.56 Å². The van der Waals surface area contributed by atoms with Crippen LogP contribution in [0.4, 0.5) is 0 Å². The number of rotatable bonds is 1. The summed E-state index contributed by atoms with van der Waals surface area (Å²) in [6.45, 7) is 0. The van der Waals surface area contributed by atoms with Crippen LogP contribution in [-0.2, 0) is 10.4 Å². The topological polar surface area (TPSA) is 70.2 Å². The fourth-order valence-corrected chi connectivity index (χ4v) is 1.97.